The van der Waals surface area contributed by atoms with E-state index in [1.165, 1.54) is 25.5 Å². The van der Waals surface area contributed by atoms with E-state index in [1.54, 1.807) is 0 Å². The smallest absolute Gasteiger partial charge is 0.220 e. The first-order chi connectivity index (χ1) is 4.63. The lowest BCUT2D eigenvalue weighted by Gasteiger charge is -1.88. The molecule has 0 saturated heterocycles. The number of amides is 1. The normalized spacial score (nSPS) is 9.80. The summed E-state index contributed by atoms with van der Waals surface area (Å²) < 4.78 is 0. The average molecular weight is 159 g/mol. The number of hydrogen-bond acceptors (Lipinski definition) is 3. The molecule has 10 heavy (non-hydrogen) atoms. The van der Waals surface area contributed by atoms with Crippen molar-refractivity contribution in [3.05, 3.63) is 11.6 Å². The van der Waals surface area contributed by atoms with Gasteiger partial charge in [0.25, 0.3) is 0 Å². The number of thioether (sulfide) groups is 1. The molecule has 0 aliphatic carbocycles. The second-order valence-electron chi connectivity index (χ2n) is 1.61. The first kappa shape index (κ1) is 9.23. The van der Waals surface area contributed by atoms with Crippen LogP contribution in [0.4, 0.5) is 0 Å². The van der Waals surface area contributed by atoms with Crippen LogP contribution >= 0.6 is 11.8 Å². The van der Waals surface area contributed by atoms with Gasteiger partial charge in [-0.3, -0.25) is 9.59 Å². The summed E-state index contributed by atoms with van der Waals surface area (Å²) in [7, 11) is 0. The van der Waals surface area contributed by atoms with Crippen molar-refractivity contribution < 1.29 is 9.59 Å². The van der Waals surface area contributed by atoms with Gasteiger partial charge in [-0.05, 0) is 5.41 Å². The highest BCUT2D eigenvalue weighted by molar-refractivity contribution is 8.16. The van der Waals surface area contributed by atoms with E-state index in [0.29, 0.717) is 0 Å². The molecule has 0 unspecified atom stereocenters. The number of hydrogen-bond donors (Lipinski definition) is 1. The van der Waals surface area contributed by atoms with Crippen LogP contribution in [-0.4, -0.2) is 11.0 Å². The minimum Gasteiger partial charge on any atom is -0.332 e. The Balaban J connectivity index is 3.38. The molecular formula is C6H9NO2S. The van der Waals surface area contributed by atoms with Crippen LogP contribution in [0.25, 0.3) is 0 Å². The third-order valence-corrected chi connectivity index (χ3v) is 1.19. The van der Waals surface area contributed by atoms with Crippen molar-refractivity contribution in [1.82, 2.24) is 5.32 Å². The van der Waals surface area contributed by atoms with Crippen LogP contribution in [0.1, 0.15) is 13.8 Å². The lowest BCUT2D eigenvalue weighted by molar-refractivity contribution is -0.118. The van der Waals surface area contributed by atoms with Gasteiger partial charge in [0, 0.05) is 20.0 Å². The zero-order valence-corrected chi connectivity index (χ0v) is 6.70. The SMILES string of the molecule is CC(=O)NC=CSC(C)=O. The van der Waals surface area contributed by atoms with Gasteiger partial charge >= 0.3 is 0 Å². The molecule has 1 N–H and O–H groups in total. The summed E-state index contributed by atoms with van der Waals surface area (Å²) >= 11 is 1.04. The average Bonchev–Trinajstić information content (AvgIpc) is 1.79. The second-order valence-corrected chi connectivity index (χ2v) is 2.70. The number of rotatable bonds is 2. The standard InChI is InChI=1S/C6H9NO2S/c1-5(8)7-3-4-10-6(2)9/h3-4H,1-2H3,(H,7,8). The Morgan fingerprint density at radius 3 is 2.40 bits per heavy atom. The zero-order chi connectivity index (χ0) is 7.98. The van der Waals surface area contributed by atoms with Crippen LogP contribution < -0.4 is 5.32 Å². The Labute approximate surface area is 63.9 Å². The van der Waals surface area contributed by atoms with E-state index < -0.39 is 0 Å². The van der Waals surface area contributed by atoms with Crippen LogP contribution in [0.2, 0.25) is 0 Å². The van der Waals surface area contributed by atoms with E-state index in [2.05, 4.69) is 5.32 Å². The molecule has 0 aliphatic heterocycles. The fourth-order valence-electron chi connectivity index (χ4n) is 0.281. The molecule has 0 spiro atoms. The Morgan fingerprint density at radius 1 is 1.40 bits per heavy atom. The van der Waals surface area contributed by atoms with E-state index in [9.17, 15) is 9.59 Å². The number of carbonyl (C=O) groups excluding carboxylic acids is 2. The molecule has 0 heterocycles. The first-order valence-electron chi connectivity index (χ1n) is 2.72. The number of nitrogens with one attached hydrogen (secondary N) is 1. The second kappa shape index (κ2) is 5.05. The molecule has 3 nitrogen and oxygen atoms in total. The molecule has 4 heteroatoms. The maximum absolute atomic E-state index is 10.3. The lowest BCUT2D eigenvalue weighted by Crippen LogP contribution is -2.10. The van der Waals surface area contributed by atoms with Gasteiger partial charge in [-0.15, -0.1) is 0 Å². The molecular weight excluding hydrogens is 150 g/mol. The van der Waals surface area contributed by atoms with Crippen LogP contribution in [0.3, 0.4) is 0 Å². The Kier molecular flexibility index (Phi) is 4.66. The summed E-state index contributed by atoms with van der Waals surface area (Å²) in [5.74, 6) is -0.139. The Bertz CT molecular complexity index is 147. The molecule has 0 bridgehead atoms. The summed E-state index contributed by atoms with van der Waals surface area (Å²) in [5.41, 5.74) is 0. The molecule has 0 aromatic rings. The van der Waals surface area contributed by atoms with Gasteiger partial charge in [0.15, 0.2) is 5.12 Å². The summed E-state index contributed by atoms with van der Waals surface area (Å²) in [4.78, 5) is 20.5. The van der Waals surface area contributed by atoms with Crippen molar-refractivity contribution in [2.24, 2.45) is 0 Å². The van der Waals surface area contributed by atoms with Crippen molar-refractivity contribution in [2.75, 3.05) is 0 Å². The lowest BCUT2D eigenvalue weighted by atomic mass is 10.7. The van der Waals surface area contributed by atoms with Crippen LogP contribution in [-0.2, 0) is 9.59 Å². The Morgan fingerprint density at radius 2 is 2.00 bits per heavy atom. The molecule has 0 fully saturated rings. The highest BCUT2D eigenvalue weighted by Crippen LogP contribution is 2.00. The van der Waals surface area contributed by atoms with E-state index in [0.717, 1.165) is 11.8 Å². The topological polar surface area (TPSA) is 46.2 Å². The molecule has 56 valence electrons. The molecule has 0 radical (unpaired) electrons. The van der Waals surface area contributed by atoms with Gasteiger partial charge in [0.1, 0.15) is 0 Å². The quantitative estimate of drug-likeness (QED) is 0.650. The van der Waals surface area contributed by atoms with E-state index >= 15 is 0 Å². The van der Waals surface area contributed by atoms with Crippen molar-refractivity contribution in [3.8, 4) is 0 Å². The maximum Gasteiger partial charge on any atom is 0.220 e. The highest BCUT2D eigenvalue weighted by atomic mass is 32.2. The molecule has 0 rings (SSSR count). The molecule has 1 amide bonds. The molecule has 0 aromatic heterocycles. The fourth-order valence-corrected chi connectivity index (χ4v) is 0.609. The maximum atomic E-state index is 10.3. The fraction of sp³-hybridized carbons (Fsp3) is 0.333. The third kappa shape index (κ3) is 7.23. The molecule has 0 aliphatic rings. The van der Waals surface area contributed by atoms with Gasteiger partial charge in [-0.2, -0.15) is 0 Å². The van der Waals surface area contributed by atoms with Crippen molar-refractivity contribution in [3.63, 3.8) is 0 Å². The minimum atomic E-state index is -0.139. The van der Waals surface area contributed by atoms with Crippen molar-refractivity contribution in [1.29, 1.82) is 0 Å². The molecule has 0 aromatic carbocycles. The minimum absolute atomic E-state index is 0.00148. The summed E-state index contributed by atoms with van der Waals surface area (Å²) in [6.45, 7) is 2.87. The van der Waals surface area contributed by atoms with E-state index in [-0.39, 0.29) is 11.0 Å². The van der Waals surface area contributed by atoms with Gasteiger partial charge in [-0.1, -0.05) is 11.8 Å². The van der Waals surface area contributed by atoms with Gasteiger partial charge in [0.05, 0.1) is 0 Å². The van der Waals surface area contributed by atoms with Gasteiger partial charge in [0.2, 0.25) is 5.91 Å². The van der Waals surface area contributed by atoms with E-state index in [4.69, 9.17) is 0 Å². The van der Waals surface area contributed by atoms with Crippen LogP contribution in [0.5, 0.6) is 0 Å². The zero-order valence-electron chi connectivity index (χ0n) is 5.88. The molecule has 0 atom stereocenters. The predicted molar refractivity (Wildman–Crippen MR) is 41.2 cm³/mol. The monoisotopic (exact) mass is 159 g/mol. The van der Waals surface area contributed by atoms with Crippen LogP contribution in [0.15, 0.2) is 11.6 Å². The van der Waals surface area contributed by atoms with Gasteiger partial charge < -0.3 is 5.32 Å². The van der Waals surface area contributed by atoms with Gasteiger partial charge in [-0.25, -0.2) is 0 Å². The Hall–Kier alpha value is -0.770. The summed E-state index contributed by atoms with van der Waals surface area (Å²) in [6, 6.07) is 0. The summed E-state index contributed by atoms with van der Waals surface area (Å²) in [6.07, 6.45) is 1.44. The predicted octanol–water partition coefficient (Wildman–Crippen LogP) is 0.873. The third-order valence-electron chi connectivity index (χ3n) is 0.589. The molecule has 0 saturated carbocycles. The first-order valence-corrected chi connectivity index (χ1v) is 3.60. The summed E-state index contributed by atoms with van der Waals surface area (Å²) in [5, 5.41) is 3.94. The van der Waals surface area contributed by atoms with E-state index in [1.807, 2.05) is 0 Å². The number of carbonyl (C=O) groups is 2. The highest BCUT2D eigenvalue weighted by Gasteiger charge is 1.86. The van der Waals surface area contributed by atoms with Crippen molar-refractivity contribution in [2.45, 2.75) is 13.8 Å². The largest absolute Gasteiger partial charge is 0.332 e. The van der Waals surface area contributed by atoms with Crippen molar-refractivity contribution >= 4 is 22.8 Å². The van der Waals surface area contributed by atoms with Crippen LogP contribution in [0, 0.1) is 0 Å².